The van der Waals surface area contributed by atoms with Crippen molar-refractivity contribution in [3.8, 4) is 11.5 Å². The number of nitrogens with one attached hydrogen (secondary N) is 1. The zero-order valence-electron chi connectivity index (χ0n) is 19.6. The fraction of sp³-hybridized carbons (Fsp3) is 0.560. The third-order valence-corrected chi connectivity index (χ3v) is 5.81. The standard InChI is InChI=1S/C25H39N3O4/c1-5-9-20-18-21(19-23(31-3)24(20)32-4)25(30)26-11-7-12-27-13-8-14-28(17-16-27)15-10-22(29)6-2/h5-6,18-19,22,29H,1-2,7-17H2,3-4H3,(H,26,30). The minimum absolute atomic E-state index is 0.112. The minimum Gasteiger partial charge on any atom is -0.493 e. The number of carbonyl (C=O) groups excluding carboxylic acids is 1. The van der Waals surface area contributed by atoms with Crippen LogP contribution in [0.15, 0.2) is 37.4 Å². The lowest BCUT2D eigenvalue weighted by molar-refractivity contribution is 0.0951. The molecule has 7 heteroatoms. The second-order valence-electron chi connectivity index (χ2n) is 8.10. The van der Waals surface area contributed by atoms with E-state index in [1.807, 2.05) is 6.07 Å². The monoisotopic (exact) mass is 445 g/mol. The van der Waals surface area contributed by atoms with Crippen molar-refractivity contribution < 1.29 is 19.4 Å². The number of aliphatic hydroxyl groups is 1. The van der Waals surface area contributed by atoms with Crippen LogP contribution in [-0.4, -0.2) is 87.0 Å². The molecule has 1 atom stereocenters. The highest BCUT2D eigenvalue weighted by molar-refractivity contribution is 5.95. The van der Waals surface area contributed by atoms with Gasteiger partial charge in [0.1, 0.15) is 0 Å². The summed E-state index contributed by atoms with van der Waals surface area (Å²) >= 11 is 0. The first-order valence-electron chi connectivity index (χ1n) is 11.4. The lowest BCUT2D eigenvalue weighted by atomic mass is 10.0. The Kier molecular flexibility index (Phi) is 11.3. The van der Waals surface area contributed by atoms with E-state index < -0.39 is 6.10 Å². The van der Waals surface area contributed by atoms with Gasteiger partial charge < -0.3 is 29.7 Å². The molecule has 0 radical (unpaired) electrons. The molecule has 1 aromatic rings. The van der Waals surface area contributed by atoms with Gasteiger partial charge in [0.05, 0.1) is 20.3 Å². The quantitative estimate of drug-likeness (QED) is 0.359. The predicted molar refractivity (Wildman–Crippen MR) is 129 cm³/mol. The molecule has 1 aliphatic rings. The van der Waals surface area contributed by atoms with Gasteiger partial charge in [-0.2, -0.15) is 0 Å². The van der Waals surface area contributed by atoms with Crippen LogP contribution in [-0.2, 0) is 6.42 Å². The van der Waals surface area contributed by atoms with E-state index in [0.717, 1.165) is 64.1 Å². The Morgan fingerprint density at radius 2 is 1.88 bits per heavy atom. The van der Waals surface area contributed by atoms with Crippen LogP contribution >= 0.6 is 0 Å². The number of hydrogen-bond acceptors (Lipinski definition) is 6. The number of aliphatic hydroxyl groups excluding tert-OH is 1. The van der Waals surface area contributed by atoms with E-state index in [2.05, 4.69) is 28.3 Å². The van der Waals surface area contributed by atoms with Crippen LogP contribution in [0.4, 0.5) is 0 Å². The Labute approximate surface area is 192 Å². The van der Waals surface area contributed by atoms with Crippen molar-refractivity contribution >= 4 is 5.91 Å². The Morgan fingerprint density at radius 1 is 1.16 bits per heavy atom. The molecule has 1 fully saturated rings. The average molecular weight is 446 g/mol. The van der Waals surface area contributed by atoms with E-state index in [4.69, 9.17) is 9.47 Å². The molecule has 32 heavy (non-hydrogen) atoms. The topological polar surface area (TPSA) is 74.3 Å². The van der Waals surface area contributed by atoms with Gasteiger partial charge in [-0.25, -0.2) is 0 Å². The second kappa shape index (κ2) is 13.9. The van der Waals surface area contributed by atoms with Crippen molar-refractivity contribution in [2.24, 2.45) is 0 Å². The van der Waals surface area contributed by atoms with Crippen molar-refractivity contribution in [1.29, 1.82) is 0 Å². The maximum absolute atomic E-state index is 12.7. The Balaban J connectivity index is 1.79. The summed E-state index contributed by atoms with van der Waals surface area (Å²) in [6.45, 7) is 14.0. The van der Waals surface area contributed by atoms with Gasteiger partial charge in [0.15, 0.2) is 11.5 Å². The molecule has 178 valence electrons. The van der Waals surface area contributed by atoms with Crippen molar-refractivity contribution in [2.75, 3.05) is 60.0 Å². The van der Waals surface area contributed by atoms with Gasteiger partial charge in [0, 0.05) is 37.3 Å². The van der Waals surface area contributed by atoms with Gasteiger partial charge in [0.2, 0.25) is 0 Å². The molecule has 1 aromatic carbocycles. The fourth-order valence-corrected chi connectivity index (χ4v) is 3.99. The predicted octanol–water partition coefficient (Wildman–Crippen LogP) is 2.50. The summed E-state index contributed by atoms with van der Waals surface area (Å²) in [5.41, 5.74) is 1.44. The van der Waals surface area contributed by atoms with Crippen LogP contribution in [0.1, 0.15) is 35.2 Å². The summed E-state index contributed by atoms with van der Waals surface area (Å²) in [5, 5.41) is 12.7. The lowest BCUT2D eigenvalue weighted by Crippen LogP contribution is -2.34. The highest BCUT2D eigenvalue weighted by Gasteiger charge is 2.17. The van der Waals surface area contributed by atoms with Crippen LogP contribution in [0.2, 0.25) is 0 Å². The van der Waals surface area contributed by atoms with E-state index >= 15 is 0 Å². The van der Waals surface area contributed by atoms with Gasteiger partial charge in [-0.3, -0.25) is 4.79 Å². The summed E-state index contributed by atoms with van der Waals surface area (Å²) in [6.07, 6.45) is 6.31. The first kappa shape index (κ1) is 25.9. The molecule has 1 amide bonds. The highest BCUT2D eigenvalue weighted by atomic mass is 16.5. The summed E-state index contributed by atoms with van der Waals surface area (Å²) in [5.74, 6) is 1.07. The third-order valence-electron chi connectivity index (χ3n) is 5.81. The smallest absolute Gasteiger partial charge is 0.251 e. The first-order chi connectivity index (χ1) is 15.5. The number of carbonyl (C=O) groups is 1. The van der Waals surface area contributed by atoms with Gasteiger partial charge in [-0.15, -0.1) is 13.2 Å². The molecular formula is C25H39N3O4. The maximum Gasteiger partial charge on any atom is 0.251 e. The largest absolute Gasteiger partial charge is 0.493 e. The van der Waals surface area contributed by atoms with Crippen LogP contribution in [0.3, 0.4) is 0 Å². The van der Waals surface area contributed by atoms with Crippen LogP contribution in [0, 0.1) is 0 Å². The van der Waals surface area contributed by atoms with E-state index in [1.54, 1.807) is 32.4 Å². The molecule has 1 unspecified atom stereocenters. The van der Waals surface area contributed by atoms with E-state index in [1.165, 1.54) is 0 Å². The van der Waals surface area contributed by atoms with Crippen molar-refractivity contribution in [2.45, 2.75) is 31.8 Å². The SMILES string of the molecule is C=CCc1cc(C(=O)NCCCN2CCCN(CCC(O)C=C)CC2)cc(OC)c1OC. The van der Waals surface area contributed by atoms with E-state index in [-0.39, 0.29) is 5.91 Å². The molecule has 1 saturated heterocycles. The second-order valence-corrected chi connectivity index (χ2v) is 8.10. The van der Waals surface area contributed by atoms with Crippen LogP contribution in [0.25, 0.3) is 0 Å². The number of hydrogen-bond donors (Lipinski definition) is 2. The molecule has 1 aliphatic heterocycles. The first-order valence-corrected chi connectivity index (χ1v) is 11.4. The van der Waals surface area contributed by atoms with Gasteiger partial charge in [-0.05, 0) is 57.5 Å². The molecule has 2 N–H and O–H groups in total. The Hall–Kier alpha value is -2.35. The van der Waals surface area contributed by atoms with Crippen molar-refractivity contribution in [3.05, 3.63) is 48.6 Å². The molecule has 1 heterocycles. The molecule has 0 aliphatic carbocycles. The zero-order chi connectivity index (χ0) is 23.3. The molecule has 0 spiro atoms. The molecule has 0 bridgehead atoms. The summed E-state index contributed by atoms with van der Waals surface area (Å²) in [6, 6.07) is 3.55. The molecular weight excluding hydrogens is 406 g/mol. The van der Waals surface area contributed by atoms with Gasteiger partial charge in [-0.1, -0.05) is 12.2 Å². The van der Waals surface area contributed by atoms with E-state index in [0.29, 0.717) is 30.0 Å². The lowest BCUT2D eigenvalue weighted by Gasteiger charge is -2.22. The number of amides is 1. The van der Waals surface area contributed by atoms with Crippen molar-refractivity contribution in [1.82, 2.24) is 15.1 Å². The molecule has 7 nitrogen and oxygen atoms in total. The summed E-state index contributed by atoms with van der Waals surface area (Å²) in [7, 11) is 3.16. The fourth-order valence-electron chi connectivity index (χ4n) is 3.99. The van der Waals surface area contributed by atoms with Crippen LogP contribution < -0.4 is 14.8 Å². The van der Waals surface area contributed by atoms with Crippen molar-refractivity contribution in [3.63, 3.8) is 0 Å². The summed E-state index contributed by atoms with van der Waals surface area (Å²) < 4.78 is 10.8. The third kappa shape index (κ3) is 7.97. The number of nitrogens with zero attached hydrogens (tertiary/aromatic N) is 2. The number of allylic oxidation sites excluding steroid dienone is 1. The van der Waals surface area contributed by atoms with E-state index in [9.17, 15) is 9.90 Å². The summed E-state index contributed by atoms with van der Waals surface area (Å²) in [4.78, 5) is 17.6. The molecule has 0 saturated carbocycles. The molecule has 0 aromatic heterocycles. The highest BCUT2D eigenvalue weighted by Crippen LogP contribution is 2.33. The van der Waals surface area contributed by atoms with Crippen LogP contribution in [0.5, 0.6) is 11.5 Å². The van der Waals surface area contributed by atoms with Gasteiger partial charge >= 0.3 is 0 Å². The number of rotatable bonds is 13. The number of benzene rings is 1. The maximum atomic E-state index is 12.7. The number of ether oxygens (including phenoxy) is 2. The average Bonchev–Trinajstić information content (AvgIpc) is 3.04. The number of methoxy groups -OCH3 is 2. The Bertz CT molecular complexity index is 753. The Morgan fingerprint density at radius 3 is 2.50 bits per heavy atom. The van der Waals surface area contributed by atoms with Gasteiger partial charge in [0.25, 0.3) is 5.91 Å². The molecule has 2 rings (SSSR count). The minimum atomic E-state index is -0.420. The normalized spacial score (nSPS) is 16.1. The zero-order valence-corrected chi connectivity index (χ0v) is 19.6.